The van der Waals surface area contributed by atoms with E-state index in [0.29, 0.717) is 29.2 Å². The summed E-state index contributed by atoms with van der Waals surface area (Å²) < 4.78 is 39.7. The molecule has 2 rings (SSSR count). The molecule has 21 heavy (non-hydrogen) atoms. The standard InChI is InChI=1S/C16H18BrF3O/c1-9-5-10(2)7-11(6-9)15(21)13-4-3-12(17)8-14(13)16(18,19)20/h3-4,8-11H,5-7H2,1-2H3. The van der Waals surface area contributed by atoms with Gasteiger partial charge in [-0.05, 0) is 49.3 Å². The average molecular weight is 363 g/mol. The van der Waals surface area contributed by atoms with Crippen LogP contribution in [0.15, 0.2) is 22.7 Å². The fourth-order valence-corrected chi connectivity index (χ4v) is 3.71. The maximum absolute atomic E-state index is 13.1. The lowest BCUT2D eigenvalue weighted by Gasteiger charge is -2.31. The summed E-state index contributed by atoms with van der Waals surface area (Å²) in [5, 5.41) is 0. The highest BCUT2D eigenvalue weighted by Gasteiger charge is 2.38. The molecule has 0 aromatic heterocycles. The van der Waals surface area contributed by atoms with Gasteiger partial charge in [-0.3, -0.25) is 4.79 Å². The number of carbonyl (C=O) groups is 1. The first-order valence-electron chi connectivity index (χ1n) is 7.09. The van der Waals surface area contributed by atoms with E-state index in [4.69, 9.17) is 0 Å². The van der Waals surface area contributed by atoms with E-state index < -0.39 is 11.7 Å². The van der Waals surface area contributed by atoms with Gasteiger partial charge in [0.25, 0.3) is 0 Å². The highest BCUT2D eigenvalue weighted by atomic mass is 79.9. The lowest BCUT2D eigenvalue weighted by molar-refractivity contribution is -0.138. The largest absolute Gasteiger partial charge is 0.417 e. The van der Waals surface area contributed by atoms with Crippen LogP contribution in [0.2, 0.25) is 0 Å². The zero-order chi connectivity index (χ0) is 15.8. The smallest absolute Gasteiger partial charge is 0.294 e. The third-order valence-corrected chi connectivity index (χ3v) is 4.60. The first-order valence-corrected chi connectivity index (χ1v) is 7.88. The summed E-state index contributed by atoms with van der Waals surface area (Å²) in [7, 11) is 0. The number of Topliss-reactive ketones (excluding diaryl/α,β-unsaturated/α-hetero) is 1. The van der Waals surface area contributed by atoms with Gasteiger partial charge in [0.2, 0.25) is 0 Å². The van der Waals surface area contributed by atoms with Crippen molar-refractivity contribution in [2.24, 2.45) is 17.8 Å². The lowest BCUT2D eigenvalue weighted by Crippen LogP contribution is -2.27. The molecule has 1 fully saturated rings. The fraction of sp³-hybridized carbons (Fsp3) is 0.562. The highest BCUT2D eigenvalue weighted by molar-refractivity contribution is 9.10. The number of alkyl halides is 3. The SMILES string of the molecule is CC1CC(C)CC(C(=O)c2ccc(Br)cc2C(F)(F)F)C1. The first-order chi connectivity index (χ1) is 9.68. The highest BCUT2D eigenvalue weighted by Crippen LogP contribution is 2.39. The van der Waals surface area contributed by atoms with E-state index in [1.807, 2.05) is 0 Å². The van der Waals surface area contributed by atoms with Crippen LogP contribution >= 0.6 is 15.9 Å². The second-order valence-electron chi connectivity index (χ2n) is 6.17. The Balaban J connectivity index is 2.35. The average Bonchev–Trinajstić information content (AvgIpc) is 2.35. The van der Waals surface area contributed by atoms with E-state index in [0.717, 1.165) is 12.5 Å². The summed E-state index contributed by atoms with van der Waals surface area (Å²) in [5.74, 6) is 0.0965. The predicted molar refractivity (Wildman–Crippen MR) is 79.1 cm³/mol. The number of hydrogen-bond donors (Lipinski definition) is 0. The van der Waals surface area contributed by atoms with Gasteiger partial charge in [0.15, 0.2) is 5.78 Å². The molecule has 0 spiro atoms. The quantitative estimate of drug-likeness (QED) is 0.614. The Morgan fingerprint density at radius 1 is 1.14 bits per heavy atom. The molecule has 1 aliphatic rings. The molecule has 1 nitrogen and oxygen atoms in total. The van der Waals surface area contributed by atoms with E-state index >= 15 is 0 Å². The molecule has 1 saturated carbocycles. The van der Waals surface area contributed by atoms with Crippen LogP contribution in [0.5, 0.6) is 0 Å². The van der Waals surface area contributed by atoms with Gasteiger partial charge in [-0.25, -0.2) is 0 Å². The maximum atomic E-state index is 13.1. The van der Waals surface area contributed by atoms with Gasteiger partial charge < -0.3 is 0 Å². The van der Waals surface area contributed by atoms with Crippen molar-refractivity contribution in [3.8, 4) is 0 Å². The zero-order valence-electron chi connectivity index (χ0n) is 12.0. The van der Waals surface area contributed by atoms with Crippen LogP contribution in [0.3, 0.4) is 0 Å². The van der Waals surface area contributed by atoms with Gasteiger partial charge in [0, 0.05) is 16.0 Å². The van der Waals surface area contributed by atoms with Gasteiger partial charge in [0.1, 0.15) is 0 Å². The minimum absolute atomic E-state index is 0.197. The Hall–Kier alpha value is -0.840. The number of carbonyl (C=O) groups excluding carboxylic acids is 1. The maximum Gasteiger partial charge on any atom is 0.417 e. The van der Waals surface area contributed by atoms with Crippen molar-refractivity contribution in [1.29, 1.82) is 0 Å². The fourth-order valence-electron chi connectivity index (χ4n) is 3.35. The van der Waals surface area contributed by atoms with Crippen LogP contribution in [0, 0.1) is 17.8 Å². The Morgan fingerprint density at radius 3 is 2.24 bits per heavy atom. The Kier molecular flexibility index (Phi) is 4.81. The van der Waals surface area contributed by atoms with Crippen molar-refractivity contribution in [2.75, 3.05) is 0 Å². The molecule has 0 heterocycles. The molecule has 2 unspecified atom stereocenters. The van der Waals surface area contributed by atoms with Crippen LogP contribution in [-0.2, 0) is 6.18 Å². The second kappa shape index (κ2) is 6.11. The van der Waals surface area contributed by atoms with Crippen LogP contribution < -0.4 is 0 Å². The van der Waals surface area contributed by atoms with E-state index in [1.54, 1.807) is 0 Å². The van der Waals surface area contributed by atoms with Gasteiger partial charge in [0.05, 0.1) is 5.56 Å². The minimum Gasteiger partial charge on any atom is -0.294 e. The lowest BCUT2D eigenvalue weighted by atomic mass is 9.73. The molecule has 1 aromatic carbocycles. The number of rotatable bonds is 2. The van der Waals surface area contributed by atoms with Crippen molar-refractivity contribution < 1.29 is 18.0 Å². The Labute approximate surface area is 131 Å². The van der Waals surface area contributed by atoms with Gasteiger partial charge in [-0.15, -0.1) is 0 Å². The van der Waals surface area contributed by atoms with Crippen LogP contribution in [0.1, 0.15) is 49.0 Å². The van der Waals surface area contributed by atoms with Crippen molar-refractivity contribution in [3.63, 3.8) is 0 Å². The molecule has 0 amide bonds. The number of benzene rings is 1. The molecule has 2 atom stereocenters. The van der Waals surface area contributed by atoms with E-state index in [1.165, 1.54) is 12.1 Å². The third kappa shape index (κ3) is 3.87. The summed E-state index contributed by atoms with van der Waals surface area (Å²) in [5.41, 5.74) is -1.04. The first kappa shape index (κ1) is 16.5. The molecule has 0 aliphatic heterocycles. The summed E-state index contributed by atoms with van der Waals surface area (Å²) in [6, 6.07) is 3.78. The summed E-state index contributed by atoms with van der Waals surface area (Å²) >= 11 is 3.04. The number of ketones is 1. The van der Waals surface area contributed by atoms with Crippen LogP contribution in [0.4, 0.5) is 13.2 Å². The molecule has 5 heteroatoms. The summed E-state index contributed by atoms with van der Waals surface area (Å²) in [6.07, 6.45) is -2.12. The molecule has 116 valence electrons. The Morgan fingerprint density at radius 2 is 1.71 bits per heavy atom. The molecule has 0 bridgehead atoms. The predicted octanol–water partition coefficient (Wildman–Crippen LogP) is 5.72. The van der Waals surface area contributed by atoms with Crippen molar-refractivity contribution >= 4 is 21.7 Å². The van der Waals surface area contributed by atoms with E-state index in [2.05, 4.69) is 29.8 Å². The van der Waals surface area contributed by atoms with Crippen LogP contribution in [-0.4, -0.2) is 5.78 Å². The zero-order valence-corrected chi connectivity index (χ0v) is 13.6. The molecular weight excluding hydrogens is 345 g/mol. The molecule has 0 radical (unpaired) electrons. The Bertz CT molecular complexity index is 529. The minimum atomic E-state index is -4.51. The molecule has 1 aromatic rings. The second-order valence-corrected chi connectivity index (χ2v) is 7.08. The van der Waals surface area contributed by atoms with Gasteiger partial charge in [-0.2, -0.15) is 13.2 Å². The van der Waals surface area contributed by atoms with Crippen molar-refractivity contribution in [1.82, 2.24) is 0 Å². The summed E-state index contributed by atoms with van der Waals surface area (Å²) in [6.45, 7) is 4.12. The molecule has 0 N–H and O–H groups in total. The molecule has 0 saturated heterocycles. The van der Waals surface area contributed by atoms with Crippen LogP contribution in [0.25, 0.3) is 0 Å². The third-order valence-electron chi connectivity index (χ3n) is 4.10. The van der Waals surface area contributed by atoms with E-state index in [-0.39, 0.29) is 17.3 Å². The van der Waals surface area contributed by atoms with Gasteiger partial charge >= 0.3 is 6.18 Å². The normalized spacial score (nSPS) is 26.7. The van der Waals surface area contributed by atoms with E-state index in [9.17, 15) is 18.0 Å². The number of halogens is 4. The monoisotopic (exact) mass is 362 g/mol. The topological polar surface area (TPSA) is 17.1 Å². The van der Waals surface area contributed by atoms with Crippen molar-refractivity contribution in [2.45, 2.75) is 39.3 Å². The number of hydrogen-bond acceptors (Lipinski definition) is 1. The molecule has 1 aliphatic carbocycles. The summed E-state index contributed by atoms with van der Waals surface area (Å²) in [4.78, 5) is 12.6. The van der Waals surface area contributed by atoms with Gasteiger partial charge in [-0.1, -0.05) is 29.8 Å². The van der Waals surface area contributed by atoms with Crippen molar-refractivity contribution in [3.05, 3.63) is 33.8 Å². The molecular formula is C16H18BrF3O.